The Morgan fingerprint density at radius 2 is 2.28 bits per heavy atom. The van der Waals surface area contributed by atoms with Gasteiger partial charge in [0.15, 0.2) is 0 Å². The minimum atomic E-state index is 0.614. The number of methoxy groups -OCH3 is 1. The summed E-state index contributed by atoms with van der Waals surface area (Å²) in [5, 5.41) is 0.755. The number of nitrogens with two attached hydrogens (primary N) is 1. The van der Waals surface area contributed by atoms with Gasteiger partial charge in [-0.2, -0.15) is 0 Å². The molecule has 0 saturated carbocycles. The first-order valence-electron chi connectivity index (χ1n) is 6.44. The second-order valence-corrected chi connectivity index (χ2v) is 5.32. The minimum Gasteiger partial charge on any atom is -0.495 e. The largest absolute Gasteiger partial charge is 0.495 e. The fourth-order valence-corrected chi connectivity index (χ4v) is 2.98. The third-order valence-corrected chi connectivity index (χ3v) is 4.17. The summed E-state index contributed by atoms with van der Waals surface area (Å²) in [7, 11) is 3.78. The van der Waals surface area contributed by atoms with Crippen molar-refractivity contribution in [3.63, 3.8) is 0 Å². The maximum absolute atomic E-state index is 6.45. The van der Waals surface area contributed by atoms with Crippen molar-refractivity contribution in [3.05, 3.63) is 22.7 Å². The maximum Gasteiger partial charge on any atom is 0.137 e. The molecule has 18 heavy (non-hydrogen) atoms. The summed E-state index contributed by atoms with van der Waals surface area (Å²) in [6, 6.07) is 4.05. The molecule has 2 N–H and O–H groups in total. The third-order valence-electron chi connectivity index (χ3n) is 3.75. The van der Waals surface area contributed by atoms with E-state index in [0.29, 0.717) is 5.92 Å². The number of nitrogens with zero attached hydrogens (tertiary/aromatic N) is 1. The number of halogens is 1. The molecule has 1 heterocycles. The third kappa shape index (κ3) is 2.57. The molecule has 1 aliphatic rings. The van der Waals surface area contributed by atoms with Crippen LogP contribution in [0.2, 0.25) is 5.02 Å². The minimum absolute atomic E-state index is 0.614. The molecule has 0 bridgehead atoms. The molecule has 100 valence electrons. The molecule has 0 aliphatic carbocycles. The molecule has 1 aliphatic heterocycles. The van der Waals surface area contributed by atoms with Crippen molar-refractivity contribution < 1.29 is 4.74 Å². The standard InChI is InChI=1S/C14H21ClN2O/c1-17-8-6-10(5-7-16)9-11-12(17)3-4-13(18-2)14(11)15/h3-4,10H,5-9,16H2,1-2H3. The van der Waals surface area contributed by atoms with Crippen LogP contribution in [0.15, 0.2) is 12.1 Å². The number of hydrogen-bond acceptors (Lipinski definition) is 3. The van der Waals surface area contributed by atoms with Crippen molar-refractivity contribution >= 4 is 17.3 Å². The molecule has 1 unspecified atom stereocenters. The van der Waals surface area contributed by atoms with E-state index in [-0.39, 0.29) is 0 Å². The Balaban J connectivity index is 2.39. The van der Waals surface area contributed by atoms with E-state index in [1.165, 1.54) is 17.7 Å². The van der Waals surface area contributed by atoms with Gasteiger partial charge in [0.25, 0.3) is 0 Å². The lowest BCUT2D eigenvalue weighted by molar-refractivity contribution is 0.413. The predicted octanol–water partition coefficient (Wildman–Crippen LogP) is 2.70. The lowest BCUT2D eigenvalue weighted by Gasteiger charge is -2.20. The van der Waals surface area contributed by atoms with E-state index in [1.54, 1.807) is 7.11 Å². The first kappa shape index (κ1) is 13.5. The first-order valence-corrected chi connectivity index (χ1v) is 6.81. The highest BCUT2D eigenvalue weighted by Crippen LogP contribution is 2.39. The van der Waals surface area contributed by atoms with Gasteiger partial charge in [-0.15, -0.1) is 0 Å². The molecule has 0 fully saturated rings. The summed E-state index contributed by atoms with van der Waals surface area (Å²) in [5.41, 5.74) is 8.11. The van der Waals surface area contributed by atoms with Gasteiger partial charge in [-0.05, 0) is 49.4 Å². The lowest BCUT2D eigenvalue weighted by atomic mass is 9.94. The Bertz CT molecular complexity index is 423. The fraction of sp³-hybridized carbons (Fsp3) is 0.571. The Morgan fingerprint density at radius 1 is 1.50 bits per heavy atom. The van der Waals surface area contributed by atoms with Gasteiger partial charge in [0.05, 0.1) is 12.1 Å². The number of hydrogen-bond donors (Lipinski definition) is 1. The summed E-state index contributed by atoms with van der Waals surface area (Å²) in [6.07, 6.45) is 3.22. The molecular weight excluding hydrogens is 248 g/mol. The number of anilines is 1. The average Bonchev–Trinajstić information content (AvgIpc) is 2.52. The molecule has 0 aromatic heterocycles. The predicted molar refractivity (Wildman–Crippen MR) is 76.8 cm³/mol. The number of fused-ring (bicyclic) bond motifs is 1. The highest BCUT2D eigenvalue weighted by molar-refractivity contribution is 6.33. The molecule has 1 aromatic carbocycles. The monoisotopic (exact) mass is 268 g/mol. The van der Waals surface area contributed by atoms with E-state index in [2.05, 4.69) is 18.0 Å². The molecule has 1 atom stereocenters. The van der Waals surface area contributed by atoms with Crippen LogP contribution < -0.4 is 15.4 Å². The van der Waals surface area contributed by atoms with Crippen LogP contribution in [0.1, 0.15) is 18.4 Å². The van der Waals surface area contributed by atoms with Gasteiger partial charge in [-0.1, -0.05) is 11.6 Å². The van der Waals surface area contributed by atoms with Crippen LogP contribution >= 0.6 is 11.6 Å². The van der Waals surface area contributed by atoms with Crippen LogP contribution in [0.25, 0.3) is 0 Å². The van der Waals surface area contributed by atoms with Crippen molar-refractivity contribution in [2.75, 3.05) is 32.1 Å². The van der Waals surface area contributed by atoms with E-state index in [4.69, 9.17) is 22.1 Å². The van der Waals surface area contributed by atoms with Crippen LogP contribution in [-0.2, 0) is 6.42 Å². The summed E-state index contributed by atoms with van der Waals surface area (Å²) in [5.74, 6) is 1.38. The Hall–Kier alpha value is -0.930. The Morgan fingerprint density at radius 3 is 2.94 bits per heavy atom. The fourth-order valence-electron chi connectivity index (χ4n) is 2.67. The van der Waals surface area contributed by atoms with Crippen LogP contribution in [0, 0.1) is 5.92 Å². The zero-order chi connectivity index (χ0) is 13.1. The molecule has 2 rings (SSSR count). The van der Waals surface area contributed by atoms with E-state index in [0.717, 1.165) is 36.7 Å². The molecule has 4 heteroatoms. The quantitative estimate of drug-likeness (QED) is 0.916. The summed E-state index contributed by atoms with van der Waals surface area (Å²) in [4.78, 5) is 2.27. The van der Waals surface area contributed by atoms with Crippen molar-refractivity contribution in [1.82, 2.24) is 0 Å². The van der Waals surface area contributed by atoms with Crippen LogP contribution in [0.3, 0.4) is 0 Å². The zero-order valence-corrected chi connectivity index (χ0v) is 11.8. The van der Waals surface area contributed by atoms with Gasteiger partial charge in [0.2, 0.25) is 0 Å². The zero-order valence-electron chi connectivity index (χ0n) is 11.1. The summed E-state index contributed by atoms with van der Waals surface area (Å²) >= 11 is 6.45. The molecular formula is C14H21ClN2O. The van der Waals surface area contributed by atoms with Crippen molar-refractivity contribution in [3.8, 4) is 5.75 Å². The van der Waals surface area contributed by atoms with Gasteiger partial charge >= 0.3 is 0 Å². The number of benzene rings is 1. The Labute approximate surface area is 114 Å². The highest BCUT2D eigenvalue weighted by Gasteiger charge is 2.22. The number of rotatable bonds is 3. The van der Waals surface area contributed by atoms with Gasteiger partial charge in [-0.3, -0.25) is 0 Å². The summed E-state index contributed by atoms with van der Waals surface area (Å²) in [6.45, 7) is 1.80. The van der Waals surface area contributed by atoms with Gasteiger partial charge in [-0.25, -0.2) is 0 Å². The smallest absolute Gasteiger partial charge is 0.137 e. The van der Waals surface area contributed by atoms with Crippen molar-refractivity contribution in [2.45, 2.75) is 19.3 Å². The van der Waals surface area contributed by atoms with E-state index in [9.17, 15) is 0 Å². The molecule has 0 radical (unpaired) electrons. The number of ether oxygens (including phenoxy) is 1. The first-order chi connectivity index (χ1) is 8.67. The van der Waals surface area contributed by atoms with E-state index < -0.39 is 0 Å². The molecule has 0 saturated heterocycles. The topological polar surface area (TPSA) is 38.5 Å². The van der Waals surface area contributed by atoms with Crippen LogP contribution in [0.5, 0.6) is 5.75 Å². The second kappa shape index (κ2) is 5.81. The van der Waals surface area contributed by atoms with E-state index in [1.807, 2.05) is 6.07 Å². The maximum atomic E-state index is 6.45. The van der Waals surface area contributed by atoms with Gasteiger partial charge in [0.1, 0.15) is 5.75 Å². The van der Waals surface area contributed by atoms with Gasteiger partial charge in [0, 0.05) is 19.3 Å². The van der Waals surface area contributed by atoms with Crippen LogP contribution in [-0.4, -0.2) is 27.2 Å². The molecule has 1 aromatic rings. The summed E-state index contributed by atoms with van der Waals surface area (Å²) < 4.78 is 5.31. The van der Waals surface area contributed by atoms with Crippen LogP contribution in [0.4, 0.5) is 5.69 Å². The molecule has 0 spiro atoms. The van der Waals surface area contributed by atoms with E-state index >= 15 is 0 Å². The molecule has 0 amide bonds. The SMILES string of the molecule is COc1ccc2c(c1Cl)CC(CCN)CCN2C. The normalized spacial score (nSPS) is 19.3. The van der Waals surface area contributed by atoms with Crippen molar-refractivity contribution in [2.24, 2.45) is 11.7 Å². The second-order valence-electron chi connectivity index (χ2n) is 4.94. The molecule has 3 nitrogen and oxygen atoms in total. The van der Waals surface area contributed by atoms with Crippen molar-refractivity contribution in [1.29, 1.82) is 0 Å². The lowest BCUT2D eigenvalue weighted by Crippen LogP contribution is -2.19. The highest BCUT2D eigenvalue weighted by atomic mass is 35.5. The average molecular weight is 269 g/mol. The Kier molecular flexibility index (Phi) is 4.36. The van der Waals surface area contributed by atoms with Gasteiger partial charge < -0.3 is 15.4 Å².